The summed E-state index contributed by atoms with van der Waals surface area (Å²) in [5.41, 5.74) is 0.141. The number of hydrogen-bond donors (Lipinski definition) is 0. The Labute approximate surface area is 123 Å². The number of piperidine rings is 1. The van der Waals surface area contributed by atoms with E-state index in [1.54, 1.807) is 0 Å². The van der Waals surface area contributed by atoms with E-state index < -0.39 is 18.0 Å². The predicted molar refractivity (Wildman–Crippen MR) is 68.9 cm³/mol. The van der Waals surface area contributed by atoms with Gasteiger partial charge in [0, 0.05) is 19.3 Å². The third-order valence-corrected chi connectivity index (χ3v) is 3.90. The number of alkyl halides is 3. The summed E-state index contributed by atoms with van der Waals surface area (Å²) in [5, 5.41) is 0.150. The summed E-state index contributed by atoms with van der Waals surface area (Å²) in [7, 11) is 0. The molecule has 1 atom stereocenters. The molecule has 1 aliphatic rings. The molecule has 0 aromatic carbocycles. The number of rotatable bonds is 1. The molecule has 0 radical (unpaired) electrons. The number of nitrogens with zero attached hydrogens (tertiary/aromatic N) is 2. The van der Waals surface area contributed by atoms with Gasteiger partial charge in [0.1, 0.15) is 5.15 Å². The van der Waals surface area contributed by atoms with Crippen LogP contribution in [0.1, 0.15) is 23.2 Å². The average molecular weight is 327 g/mol. The van der Waals surface area contributed by atoms with Crippen LogP contribution in [0.15, 0.2) is 12.3 Å². The lowest BCUT2D eigenvalue weighted by molar-refractivity contribution is -0.184. The average Bonchev–Trinajstić information content (AvgIpc) is 2.40. The second-order valence-corrected chi connectivity index (χ2v) is 5.39. The van der Waals surface area contributed by atoms with Crippen LogP contribution < -0.4 is 0 Å². The molecule has 1 saturated heterocycles. The quantitative estimate of drug-likeness (QED) is 0.735. The molecule has 0 bridgehead atoms. The lowest BCUT2D eigenvalue weighted by Crippen LogP contribution is -2.44. The van der Waals surface area contributed by atoms with Crippen LogP contribution in [0.4, 0.5) is 13.2 Å². The van der Waals surface area contributed by atoms with Crippen molar-refractivity contribution >= 4 is 29.1 Å². The zero-order valence-electron chi connectivity index (χ0n) is 10.3. The lowest BCUT2D eigenvalue weighted by atomic mass is 9.97. The molecule has 0 saturated carbocycles. The topological polar surface area (TPSA) is 33.2 Å². The maximum atomic E-state index is 12.7. The van der Waals surface area contributed by atoms with Gasteiger partial charge < -0.3 is 4.90 Å². The van der Waals surface area contributed by atoms with Crippen molar-refractivity contribution in [1.29, 1.82) is 0 Å². The first-order valence-electron chi connectivity index (χ1n) is 5.96. The molecule has 2 rings (SSSR count). The Morgan fingerprint density at radius 3 is 2.70 bits per heavy atom. The molecule has 1 aliphatic heterocycles. The van der Waals surface area contributed by atoms with E-state index in [2.05, 4.69) is 4.98 Å². The van der Waals surface area contributed by atoms with Gasteiger partial charge in [-0.1, -0.05) is 23.2 Å². The molecular weight excluding hydrogens is 316 g/mol. The van der Waals surface area contributed by atoms with Gasteiger partial charge in [0.05, 0.1) is 16.5 Å². The van der Waals surface area contributed by atoms with Crippen LogP contribution in [0.3, 0.4) is 0 Å². The maximum Gasteiger partial charge on any atom is 0.393 e. The molecule has 0 N–H and O–H groups in total. The fraction of sp³-hybridized carbons (Fsp3) is 0.500. The van der Waals surface area contributed by atoms with Crippen molar-refractivity contribution in [3.8, 4) is 0 Å². The summed E-state index contributed by atoms with van der Waals surface area (Å²) in [6.07, 6.45) is -2.69. The van der Waals surface area contributed by atoms with Gasteiger partial charge in [-0.15, -0.1) is 0 Å². The minimum absolute atomic E-state index is 0.0485. The van der Waals surface area contributed by atoms with Gasteiger partial charge >= 0.3 is 6.18 Å². The van der Waals surface area contributed by atoms with Gasteiger partial charge in [-0.2, -0.15) is 13.2 Å². The van der Waals surface area contributed by atoms with E-state index in [1.807, 2.05) is 0 Å². The summed E-state index contributed by atoms with van der Waals surface area (Å²) < 4.78 is 38.1. The highest BCUT2D eigenvalue weighted by Gasteiger charge is 2.42. The summed E-state index contributed by atoms with van der Waals surface area (Å²) >= 11 is 11.4. The maximum absolute atomic E-state index is 12.7. The van der Waals surface area contributed by atoms with Crippen LogP contribution >= 0.6 is 23.2 Å². The van der Waals surface area contributed by atoms with E-state index >= 15 is 0 Å². The summed E-state index contributed by atoms with van der Waals surface area (Å²) in [6.45, 7) is -0.0335. The second-order valence-electron chi connectivity index (χ2n) is 4.63. The first-order valence-corrected chi connectivity index (χ1v) is 6.71. The van der Waals surface area contributed by atoms with Crippen molar-refractivity contribution in [2.24, 2.45) is 5.92 Å². The second kappa shape index (κ2) is 5.77. The molecule has 0 aliphatic carbocycles. The number of amides is 1. The minimum Gasteiger partial charge on any atom is -0.338 e. The summed E-state index contributed by atoms with van der Waals surface area (Å²) in [6, 6.07) is 1.32. The molecule has 1 aromatic heterocycles. The smallest absolute Gasteiger partial charge is 0.338 e. The Morgan fingerprint density at radius 1 is 1.40 bits per heavy atom. The van der Waals surface area contributed by atoms with Gasteiger partial charge in [-0.05, 0) is 18.9 Å². The Morgan fingerprint density at radius 2 is 2.10 bits per heavy atom. The van der Waals surface area contributed by atoms with Crippen molar-refractivity contribution in [3.63, 3.8) is 0 Å². The molecule has 1 aromatic rings. The van der Waals surface area contributed by atoms with Crippen LogP contribution in [0.2, 0.25) is 10.2 Å². The largest absolute Gasteiger partial charge is 0.393 e. The van der Waals surface area contributed by atoms with Crippen LogP contribution in [0.25, 0.3) is 0 Å². The molecule has 1 unspecified atom stereocenters. The van der Waals surface area contributed by atoms with Crippen molar-refractivity contribution in [2.75, 3.05) is 13.1 Å². The lowest BCUT2D eigenvalue weighted by Gasteiger charge is -2.33. The van der Waals surface area contributed by atoms with E-state index in [4.69, 9.17) is 23.2 Å². The fourth-order valence-electron chi connectivity index (χ4n) is 2.15. The number of carbonyl (C=O) groups excluding carboxylic acids is 1. The zero-order chi connectivity index (χ0) is 14.9. The molecule has 1 amide bonds. The van der Waals surface area contributed by atoms with Crippen molar-refractivity contribution in [1.82, 2.24) is 9.88 Å². The minimum atomic E-state index is -4.28. The highest BCUT2D eigenvalue weighted by Crippen LogP contribution is 2.33. The van der Waals surface area contributed by atoms with Gasteiger partial charge in [0.2, 0.25) is 0 Å². The normalized spacial score (nSPS) is 20.1. The van der Waals surface area contributed by atoms with Gasteiger partial charge in [0.15, 0.2) is 0 Å². The molecule has 20 heavy (non-hydrogen) atoms. The van der Waals surface area contributed by atoms with Crippen molar-refractivity contribution in [2.45, 2.75) is 19.0 Å². The summed E-state index contributed by atoms with van der Waals surface area (Å²) in [4.78, 5) is 17.1. The number of halogens is 5. The van der Waals surface area contributed by atoms with E-state index in [1.165, 1.54) is 17.2 Å². The van der Waals surface area contributed by atoms with Gasteiger partial charge in [-0.3, -0.25) is 4.79 Å². The monoisotopic (exact) mass is 326 g/mol. The van der Waals surface area contributed by atoms with Crippen LogP contribution in [0.5, 0.6) is 0 Å². The molecule has 2 heterocycles. The molecule has 8 heteroatoms. The molecule has 3 nitrogen and oxygen atoms in total. The summed E-state index contributed by atoms with van der Waals surface area (Å²) in [5.74, 6) is -1.99. The first kappa shape index (κ1) is 15.4. The van der Waals surface area contributed by atoms with E-state index in [0.29, 0.717) is 13.0 Å². The Balaban J connectivity index is 2.14. The fourth-order valence-corrected chi connectivity index (χ4v) is 2.42. The first-order chi connectivity index (χ1) is 9.29. The highest BCUT2D eigenvalue weighted by atomic mass is 35.5. The number of likely N-dealkylation sites (tertiary alicyclic amines) is 1. The number of carbonyl (C=O) groups is 1. The SMILES string of the molecule is O=C(c1cnc(Cl)c(Cl)c1)N1CCCC(C(F)(F)F)C1. The Kier molecular flexibility index (Phi) is 4.44. The van der Waals surface area contributed by atoms with Gasteiger partial charge in [0.25, 0.3) is 5.91 Å². The van der Waals surface area contributed by atoms with E-state index in [-0.39, 0.29) is 28.7 Å². The number of hydrogen-bond acceptors (Lipinski definition) is 2. The van der Waals surface area contributed by atoms with E-state index in [0.717, 1.165) is 0 Å². The third kappa shape index (κ3) is 3.35. The predicted octanol–water partition coefficient (Wildman–Crippen LogP) is 3.80. The molecular formula is C12H11Cl2F3N2O. The van der Waals surface area contributed by atoms with Crippen LogP contribution in [-0.4, -0.2) is 35.1 Å². The Hall–Kier alpha value is -1.01. The number of pyridine rings is 1. The third-order valence-electron chi connectivity index (χ3n) is 3.21. The molecule has 110 valence electrons. The van der Waals surface area contributed by atoms with E-state index in [9.17, 15) is 18.0 Å². The standard InChI is InChI=1S/C12H11Cl2F3N2O/c13-9-4-7(5-18-10(9)14)11(20)19-3-1-2-8(6-19)12(15,16)17/h4-5,8H,1-3,6H2. The van der Waals surface area contributed by atoms with Crippen LogP contribution in [0, 0.1) is 5.92 Å². The molecule has 1 fully saturated rings. The van der Waals surface area contributed by atoms with Crippen molar-refractivity contribution in [3.05, 3.63) is 28.0 Å². The zero-order valence-corrected chi connectivity index (χ0v) is 11.8. The van der Waals surface area contributed by atoms with Gasteiger partial charge in [-0.25, -0.2) is 4.98 Å². The molecule has 0 spiro atoms. The Bertz CT molecular complexity index is 522. The number of aromatic nitrogens is 1. The van der Waals surface area contributed by atoms with Crippen LogP contribution in [-0.2, 0) is 0 Å². The highest BCUT2D eigenvalue weighted by molar-refractivity contribution is 6.41. The van der Waals surface area contributed by atoms with Crippen molar-refractivity contribution < 1.29 is 18.0 Å².